The number of rotatable bonds is 1. The topological polar surface area (TPSA) is 69.6 Å². The lowest BCUT2D eigenvalue weighted by molar-refractivity contribution is 0.618. The Morgan fingerprint density at radius 2 is 2.05 bits per heavy atom. The molecule has 0 aliphatic rings. The van der Waals surface area contributed by atoms with Crippen molar-refractivity contribution < 1.29 is 4.39 Å². The van der Waals surface area contributed by atoms with Crippen LogP contribution in [0.2, 0.25) is 0 Å². The van der Waals surface area contributed by atoms with Crippen molar-refractivity contribution in [2.45, 2.75) is 6.92 Å². The highest BCUT2D eigenvalue weighted by atomic mass is 19.1. The summed E-state index contributed by atoms with van der Waals surface area (Å²) in [5, 5.41) is 4.81. The van der Waals surface area contributed by atoms with Crippen molar-refractivity contribution in [3.8, 4) is 11.4 Å². The van der Waals surface area contributed by atoms with Gasteiger partial charge in [0.2, 0.25) is 0 Å². The minimum Gasteiger partial charge on any atom is -0.383 e. The van der Waals surface area contributed by atoms with Gasteiger partial charge >= 0.3 is 0 Å². The summed E-state index contributed by atoms with van der Waals surface area (Å²) < 4.78 is 14.9. The van der Waals surface area contributed by atoms with Gasteiger partial charge < -0.3 is 5.73 Å². The van der Waals surface area contributed by atoms with Gasteiger partial charge in [-0.3, -0.25) is 4.68 Å². The average Bonchev–Trinajstić information content (AvgIpc) is 2.75. The summed E-state index contributed by atoms with van der Waals surface area (Å²) in [5.41, 5.74) is 7.83. The summed E-state index contributed by atoms with van der Waals surface area (Å²) in [6, 6.07) is 4.74. The van der Waals surface area contributed by atoms with Gasteiger partial charge in [-0.2, -0.15) is 5.10 Å². The molecule has 1 aromatic carbocycles. The fraction of sp³-hybridized carbons (Fsp3) is 0.154. The Balaban J connectivity index is 2.24. The number of anilines is 1. The quantitative estimate of drug-likeness (QED) is 0.724. The zero-order chi connectivity index (χ0) is 13.6. The molecule has 0 aliphatic carbocycles. The standard InChI is InChI=1S/C13H12FN5/c1-7-5-8(3-4-10(7)14)12-17-11(15)9-6-16-19(2)13(9)18-12/h3-6H,1-2H3,(H2,15,17,18). The zero-order valence-electron chi connectivity index (χ0n) is 10.6. The van der Waals surface area contributed by atoms with E-state index in [9.17, 15) is 4.39 Å². The van der Waals surface area contributed by atoms with Gasteiger partial charge in [0.25, 0.3) is 0 Å². The molecule has 3 rings (SSSR count). The molecule has 2 N–H and O–H groups in total. The van der Waals surface area contributed by atoms with Gasteiger partial charge in [0, 0.05) is 12.6 Å². The maximum atomic E-state index is 13.3. The smallest absolute Gasteiger partial charge is 0.163 e. The van der Waals surface area contributed by atoms with E-state index in [4.69, 9.17) is 5.73 Å². The summed E-state index contributed by atoms with van der Waals surface area (Å²) in [7, 11) is 1.79. The highest BCUT2D eigenvalue weighted by Gasteiger charge is 2.11. The maximum absolute atomic E-state index is 13.3. The third-order valence-corrected chi connectivity index (χ3v) is 3.04. The van der Waals surface area contributed by atoms with Crippen LogP contribution in [0.25, 0.3) is 22.4 Å². The van der Waals surface area contributed by atoms with Gasteiger partial charge in [-0.15, -0.1) is 0 Å². The first kappa shape index (κ1) is 11.6. The van der Waals surface area contributed by atoms with Crippen molar-refractivity contribution >= 4 is 16.9 Å². The summed E-state index contributed by atoms with van der Waals surface area (Å²) in [4.78, 5) is 8.67. The molecule has 0 spiro atoms. The molecule has 6 heteroatoms. The minimum atomic E-state index is -0.252. The Kier molecular flexibility index (Phi) is 2.45. The monoisotopic (exact) mass is 257 g/mol. The molecular formula is C13H12FN5. The molecule has 0 amide bonds. The lowest BCUT2D eigenvalue weighted by Gasteiger charge is -2.05. The second kappa shape index (κ2) is 4.01. The molecule has 0 bridgehead atoms. The molecule has 19 heavy (non-hydrogen) atoms. The normalized spacial score (nSPS) is 11.1. The molecule has 0 saturated carbocycles. The van der Waals surface area contributed by atoms with Crippen molar-refractivity contribution in [2.24, 2.45) is 7.05 Å². The highest BCUT2D eigenvalue weighted by Crippen LogP contribution is 2.23. The molecule has 0 fully saturated rings. The maximum Gasteiger partial charge on any atom is 0.163 e. The van der Waals surface area contributed by atoms with Gasteiger partial charge in [0.05, 0.1) is 11.6 Å². The van der Waals surface area contributed by atoms with E-state index in [1.165, 1.54) is 6.07 Å². The number of benzene rings is 1. The van der Waals surface area contributed by atoms with Crippen LogP contribution < -0.4 is 5.73 Å². The predicted octanol–water partition coefficient (Wildman–Crippen LogP) is 2.06. The third kappa shape index (κ3) is 1.81. The van der Waals surface area contributed by atoms with E-state index in [1.54, 1.807) is 37.0 Å². The molecule has 0 aliphatic heterocycles. The van der Waals surface area contributed by atoms with E-state index < -0.39 is 0 Å². The van der Waals surface area contributed by atoms with Gasteiger partial charge in [0.1, 0.15) is 11.6 Å². The van der Waals surface area contributed by atoms with Crippen LogP contribution in [0.4, 0.5) is 10.2 Å². The third-order valence-electron chi connectivity index (χ3n) is 3.04. The Hall–Kier alpha value is -2.50. The van der Waals surface area contributed by atoms with Gasteiger partial charge in [-0.1, -0.05) is 0 Å². The van der Waals surface area contributed by atoms with Crippen molar-refractivity contribution in [3.63, 3.8) is 0 Å². The second-order valence-corrected chi connectivity index (χ2v) is 4.40. The van der Waals surface area contributed by atoms with Crippen LogP contribution in [-0.2, 0) is 7.05 Å². The number of nitrogens with zero attached hydrogens (tertiary/aromatic N) is 4. The van der Waals surface area contributed by atoms with E-state index in [0.717, 1.165) is 5.56 Å². The van der Waals surface area contributed by atoms with Crippen molar-refractivity contribution in [2.75, 3.05) is 5.73 Å². The van der Waals surface area contributed by atoms with Crippen LogP contribution in [0.3, 0.4) is 0 Å². The molecule has 2 heterocycles. The highest BCUT2D eigenvalue weighted by molar-refractivity contribution is 5.86. The van der Waals surface area contributed by atoms with Crippen molar-refractivity contribution in [1.29, 1.82) is 0 Å². The first-order valence-corrected chi connectivity index (χ1v) is 5.78. The number of nitrogen functional groups attached to an aromatic ring is 1. The molecule has 5 nitrogen and oxygen atoms in total. The first-order chi connectivity index (χ1) is 9.06. The summed E-state index contributed by atoms with van der Waals surface area (Å²) >= 11 is 0. The van der Waals surface area contributed by atoms with Crippen molar-refractivity contribution in [3.05, 3.63) is 35.8 Å². The van der Waals surface area contributed by atoms with Crippen LogP contribution in [0.5, 0.6) is 0 Å². The van der Waals surface area contributed by atoms with Gasteiger partial charge in [-0.25, -0.2) is 14.4 Å². The van der Waals surface area contributed by atoms with E-state index in [0.29, 0.717) is 28.2 Å². The fourth-order valence-electron chi connectivity index (χ4n) is 1.96. The number of hydrogen-bond donors (Lipinski definition) is 1. The second-order valence-electron chi connectivity index (χ2n) is 4.40. The van der Waals surface area contributed by atoms with Gasteiger partial charge in [0.15, 0.2) is 11.5 Å². The lowest BCUT2D eigenvalue weighted by Crippen LogP contribution is -2.00. The molecule has 0 unspecified atom stereocenters. The summed E-state index contributed by atoms with van der Waals surface area (Å²) in [6.45, 7) is 1.70. The first-order valence-electron chi connectivity index (χ1n) is 5.78. The van der Waals surface area contributed by atoms with E-state index in [1.807, 2.05) is 0 Å². The van der Waals surface area contributed by atoms with E-state index in [-0.39, 0.29) is 5.82 Å². The molecule has 0 saturated heterocycles. The van der Waals surface area contributed by atoms with E-state index >= 15 is 0 Å². The number of hydrogen-bond acceptors (Lipinski definition) is 4. The Morgan fingerprint density at radius 3 is 2.79 bits per heavy atom. The molecule has 0 atom stereocenters. The van der Waals surface area contributed by atoms with Crippen LogP contribution in [0, 0.1) is 12.7 Å². The average molecular weight is 257 g/mol. The number of aryl methyl sites for hydroxylation is 2. The number of halogens is 1. The van der Waals surface area contributed by atoms with Crippen LogP contribution in [0.15, 0.2) is 24.4 Å². The molecule has 2 aromatic heterocycles. The molecule has 0 radical (unpaired) electrons. The Bertz CT molecular complexity index is 778. The van der Waals surface area contributed by atoms with Crippen LogP contribution in [0.1, 0.15) is 5.56 Å². The number of fused-ring (bicyclic) bond motifs is 1. The van der Waals surface area contributed by atoms with E-state index in [2.05, 4.69) is 15.1 Å². The van der Waals surface area contributed by atoms with Crippen LogP contribution >= 0.6 is 0 Å². The Morgan fingerprint density at radius 1 is 1.26 bits per heavy atom. The Labute approximate surface area is 108 Å². The number of nitrogens with two attached hydrogens (primary N) is 1. The molecule has 96 valence electrons. The zero-order valence-corrected chi connectivity index (χ0v) is 10.6. The molecular weight excluding hydrogens is 245 g/mol. The summed E-state index contributed by atoms with van der Waals surface area (Å²) in [5.74, 6) is 0.588. The fourth-order valence-corrected chi connectivity index (χ4v) is 1.96. The van der Waals surface area contributed by atoms with Gasteiger partial charge in [-0.05, 0) is 30.7 Å². The SMILES string of the molecule is Cc1cc(-c2nc(N)c3cnn(C)c3n2)ccc1F. The van der Waals surface area contributed by atoms with Crippen molar-refractivity contribution in [1.82, 2.24) is 19.7 Å². The molecule has 3 aromatic rings. The predicted molar refractivity (Wildman–Crippen MR) is 70.8 cm³/mol. The summed E-state index contributed by atoms with van der Waals surface area (Å²) in [6.07, 6.45) is 1.63. The lowest BCUT2D eigenvalue weighted by atomic mass is 10.1. The number of aromatic nitrogens is 4. The van der Waals surface area contributed by atoms with Crippen LogP contribution in [-0.4, -0.2) is 19.7 Å². The minimum absolute atomic E-state index is 0.252. The largest absolute Gasteiger partial charge is 0.383 e.